The minimum Gasteiger partial charge on any atom is -0.355 e. The second kappa shape index (κ2) is 11.2. The lowest BCUT2D eigenvalue weighted by Crippen LogP contribution is -2.51. The molecule has 2 rings (SSSR count). The van der Waals surface area contributed by atoms with Gasteiger partial charge in [-0.3, -0.25) is 13.9 Å². The van der Waals surface area contributed by atoms with Gasteiger partial charge in [0.15, 0.2) is 0 Å². The first-order chi connectivity index (χ1) is 14.9. The van der Waals surface area contributed by atoms with E-state index in [-0.39, 0.29) is 28.2 Å². The van der Waals surface area contributed by atoms with Crippen LogP contribution in [0.25, 0.3) is 0 Å². The van der Waals surface area contributed by atoms with Crippen LogP contribution in [0.4, 0.5) is 5.69 Å². The van der Waals surface area contributed by atoms with Crippen molar-refractivity contribution in [2.24, 2.45) is 0 Å². The highest BCUT2D eigenvalue weighted by molar-refractivity contribution is 7.92. The lowest BCUT2D eigenvalue weighted by Gasteiger charge is -2.31. The first-order valence-electron chi connectivity index (χ1n) is 9.68. The summed E-state index contributed by atoms with van der Waals surface area (Å²) < 4.78 is 25.9. The van der Waals surface area contributed by atoms with Crippen LogP contribution in [0.2, 0.25) is 15.1 Å². The zero-order valence-electron chi connectivity index (χ0n) is 17.8. The number of sulfonamides is 1. The van der Waals surface area contributed by atoms with Gasteiger partial charge in [-0.25, -0.2) is 8.42 Å². The Morgan fingerprint density at radius 2 is 1.62 bits per heavy atom. The summed E-state index contributed by atoms with van der Waals surface area (Å²) in [6.45, 7) is 3.25. The number of hydrogen-bond donors (Lipinski definition) is 1. The van der Waals surface area contributed by atoms with Crippen molar-refractivity contribution in [3.05, 3.63) is 63.1 Å². The number of hydrogen-bond acceptors (Lipinski definition) is 4. The van der Waals surface area contributed by atoms with Crippen LogP contribution in [0.1, 0.15) is 19.4 Å². The maximum absolute atomic E-state index is 13.3. The minimum absolute atomic E-state index is 0.0760. The molecule has 0 aromatic heterocycles. The molecule has 1 N–H and O–H groups in total. The zero-order valence-corrected chi connectivity index (χ0v) is 20.9. The van der Waals surface area contributed by atoms with Crippen molar-refractivity contribution in [1.29, 1.82) is 0 Å². The van der Waals surface area contributed by atoms with Gasteiger partial charge in [-0.05, 0) is 49.7 Å². The molecular weight excluding hydrogens is 497 g/mol. The number of carbonyl (C=O) groups excluding carboxylic acids is 2. The van der Waals surface area contributed by atoms with Crippen molar-refractivity contribution < 1.29 is 18.0 Å². The number of benzene rings is 2. The molecular formula is C21H24Cl3N3O4S. The van der Waals surface area contributed by atoms with Crippen LogP contribution in [-0.2, 0) is 26.2 Å². The minimum atomic E-state index is -3.90. The number of anilines is 1. The van der Waals surface area contributed by atoms with Crippen LogP contribution in [0.15, 0.2) is 42.5 Å². The fraction of sp³-hybridized carbons (Fsp3) is 0.333. The molecule has 0 saturated heterocycles. The Hall–Kier alpha value is -2.00. The van der Waals surface area contributed by atoms with E-state index in [2.05, 4.69) is 5.32 Å². The van der Waals surface area contributed by atoms with Gasteiger partial charge in [0.2, 0.25) is 21.8 Å². The van der Waals surface area contributed by atoms with Crippen LogP contribution in [0.5, 0.6) is 0 Å². The molecule has 0 aliphatic heterocycles. The topological polar surface area (TPSA) is 86.8 Å². The van der Waals surface area contributed by atoms with Gasteiger partial charge < -0.3 is 10.2 Å². The van der Waals surface area contributed by atoms with Crippen molar-refractivity contribution >= 4 is 62.3 Å². The van der Waals surface area contributed by atoms with E-state index in [0.717, 1.165) is 16.1 Å². The fourth-order valence-corrected chi connectivity index (χ4v) is 4.38. The molecule has 0 aliphatic carbocycles. The molecule has 2 aromatic rings. The molecule has 2 amide bonds. The molecule has 174 valence electrons. The third-order valence-electron chi connectivity index (χ3n) is 4.64. The predicted molar refractivity (Wildman–Crippen MR) is 129 cm³/mol. The van der Waals surface area contributed by atoms with Crippen LogP contribution < -0.4 is 9.62 Å². The van der Waals surface area contributed by atoms with E-state index in [4.69, 9.17) is 34.8 Å². The molecule has 11 heteroatoms. The van der Waals surface area contributed by atoms with Crippen molar-refractivity contribution in [3.63, 3.8) is 0 Å². The molecule has 0 fully saturated rings. The number of nitrogens with zero attached hydrogens (tertiary/aromatic N) is 2. The summed E-state index contributed by atoms with van der Waals surface area (Å²) in [6.07, 6.45) is 0.967. The average Bonchev–Trinajstić information content (AvgIpc) is 2.72. The zero-order chi connectivity index (χ0) is 24.1. The molecule has 7 nitrogen and oxygen atoms in total. The predicted octanol–water partition coefficient (Wildman–Crippen LogP) is 3.97. The third kappa shape index (κ3) is 7.00. The quantitative estimate of drug-likeness (QED) is 0.542. The maximum atomic E-state index is 13.3. The molecule has 0 saturated carbocycles. The number of carbonyl (C=O) groups is 2. The first-order valence-corrected chi connectivity index (χ1v) is 12.7. The smallest absolute Gasteiger partial charge is 0.244 e. The summed E-state index contributed by atoms with van der Waals surface area (Å²) in [7, 11) is -3.90. The Bertz CT molecular complexity index is 1080. The normalized spacial score (nSPS) is 12.2. The van der Waals surface area contributed by atoms with E-state index in [9.17, 15) is 18.0 Å². The largest absolute Gasteiger partial charge is 0.355 e. The van der Waals surface area contributed by atoms with Gasteiger partial charge in [0.25, 0.3) is 0 Å². The van der Waals surface area contributed by atoms with E-state index in [1.807, 2.05) is 0 Å². The van der Waals surface area contributed by atoms with Gasteiger partial charge >= 0.3 is 0 Å². The van der Waals surface area contributed by atoms with Crippen molar-refractivity contribution in [1.82, 2.24) is 10.2 Å². The lowest BCUT2D eigenvalue weighted by molar-refractivity contribution is -0.139. The maximum Gasteiger partial charge on any atom is 0.244 e. The van der Waals surface area contributed by atoms with Crippen molar-refractivity contribution in [2.75, 3.05) is 23.7 Å². The van der Waals surface area contributed by atoms with Gasteiger partial charge in [-0.1, -0.05) is 46.9 Å². The number of likely N-dealkylation sites (N-methyl/N-ethyl adjacent to an activating group) is 1. The van der Waals surface area contributed by atoms with Gasteiger partial charge in [0.05, 0.1) is 17.0 Å². The molecule has 2 aromatic carbocycles. The van der Waals surface area contributed by atoms with Crippen LogP contribution in [0, 0.1) is 0 Å². The molecule has 0 spiro atoms. The van der Waals surface area contributed by atoms with E-state index in [0.29, 0.717) is 11.6 Å². The first kappa shape index (κ1) is 26.3. The summed E-state index contributed by atoms with van der Waals surface area (Å²) in [5.74, 6) is -0.943. The number of rotatable bonds is 9. The average molecular weight is 521 g/mol. The monoisotopic (exact) mass is 519 g/mol. The SMILES string of the molecule is CCNC(=O)[C@@H](C)N(Cc1ccc(Cl)cc1)C(=O)CN(c1cc(Cl)ccc1Cl)S(C)(=O)=O. The Balaban J connectivity index is 2.42. The van der Waals surface area contributed by atoms with Gasteiger partial charge in [-0.15, -0.1) is 0 Å². The van der Waals surface area contributed by atoms with Gasteiger partial charge in [-0.2, -0.15) is 0 Å². The highest BCUT2D eigenvalue weighted by Gasteiger charge is 2.30. The second-order valence-electron chi connectivity index (χ2n) is 7.08. The van der Waals surface area contributed by atoms with Crippen LogP contribution in [0.3, 0.4) is 0 Å². The Morgan fingerprint density at radius 3 is 2.19 bits per heavy atom. The standard InChI is InChI=1S/C21H24Cl3N3O4S/c1-4-25-21(29)14(2)26(12-15-5-7-16(22)8-6-15)20(28)13-27(32(3,30)31)19-11-17(23)9-10-18(19)24/h5-11,14H,4,12-13H2,1-3H3,(H,25,29)/t14-/m1/s1. The second-order valence-corrected chi connectivity index (χ2v) is 10.3. The molecule has 0 unspecified atom stereocenters. The summed E-state index contributed by atoms with van der Waals surface area (Å²) in [5.41, 5.74) is 0.803. The molecule has 0 aliphatic rings. The highest BCUT2D eigenvalue weighted by Crippen LogP contribution is 2.31. The molecule has 0 radical (unpaired) electrons. The number of nitrogens with one attached hydrogen (secondary N) is 1. The van der Waals surface area contributed by atoms with E-state index in [1.165, 1.54) is 23.1 Å². The summed E-state index contributed by atoms with van der Waals surface area (Å²) in [4.78, 5) is 27.1. The number of amides is 2. The third-order valence-corrected chi connectivity index (χ3v) is 6.57. The molecule has 32 heavy (non-hydrogen) atoms. The lowest BCUT2D eigenvalue weighted by atomic mass is 10.1. The molecule has 0 bridgehead atoms. The van der Waals surface area contributed by atoms with Crippen molar-refractivity contribution in [2.45, 2.75) is 26.4 Å². The van der Waals surface area contributed by atoms with Crippen molar-refractivity contribution in [3.8, 4) is 0 Å². The molecule has 1 atom stereocenters. The fourth-order valence-electron chi connectivity index (χ4n) is 2.96. The highest BCUT2D eigenvalue weighted by atomic mass is 35.5. The van der Waals surface area contributed by atoms with E-state index >= 15 is 0 Å². The van der Waals surface area contributed by atoms with Crippen LogP contribution in [-0.4, -0.2) is 50.5 Å². The Labute approximate surface area is 203 Å². The Morgan fingerprint density at radius 1 is 1.03 bits per heavy atom. The van der Waals surface area contributed by atoms with Gasteiger partial charge in [0, 0.05) is 23.1 Å². The Kier molecular flexibility index (Phi) is 9.21. The van der Waals surface area contributed by atoms with E-state index < -0.39 is 28.5 Å². The van der Waals surface area contributed by atoms with E-state index in [1.54, 1.807) is 38.1 Å². The number of halogens is 3. The summed E-state index contributed by atoms with van der Waals surface area (Å²) >= 11 is 18.1. The van der Waals surface area contributed by atoms with Crippen LogP contribution >= 0.6 is 34.8 Å². The summed E-state index contributed by atoms with van der Waals surface area (Å²) in [6, 6.07) is 10.3. The summed E-state index contributed by atoms with van der Waals surface area (Å²) in [5, 5.41) is 3.60. The van der Waals surface area contributed by atoms with Gasteiger partial charge in [0.1, 0.15) is 12.6 Å². The molecule has 0 heterocycles.